The molecule has 1 amide bonds. The number of carbonyl (C=O) groups excluding carboxylic acids is 1. The minimum Gasteiger partial charge on any atom is -0.353 e. The van der Waals surface area contributed by atoms with E-state index in [2.05, 4.69) is 31.0 Å². The Bertz CT molecular complexity index is 797. The number of carbonyl (C=O) groups is 1. The highest BCUT2D eigenvalue weighted by molar-refractivity contribution is 6.30. The molecule has 0 aliphatic carbocycles. The van der Waals surface area contributed by atoms with Crippen LogP contribution in [-0.4, -0.2) is 36.5 Å². The molecule has 0 aromatic heterocycles. The predicted octanol–water partition coefficient (Wildman–Crippen LogP) is 6.32. The van der Waals surface area contributed by atoms with Crippen LogP contribution in [0.25, 0.3) is 0 Å². The fourth-order valence-electron chi connectivity index (χ4n) is 4.84. The van der Waals surface area contributed by atoms with Crippen LogP contribution in [0.1, 0.15) is 57.6 Å². The van der Waals surface area contributed by atoms with E-state index < -0.39 is 5.41 Å². The molecular formula is C26H34Cl2N2O. The summed E-state index contributed by atoms with van der Waals surface area (Å²) in [6.07, 6.45) is 4.22. The normalized spacial score (nSPS) is 15.9. The summed E-state index contributed by atoms with van der Waals surface area (Å²) in [7, 11) is 0. The lowest BCUT2D eigenvalue weighted by Crippen LogP contribution is -2.50. The maximum Gasteiger partial charge on any atom is 0.235 e. The van der Waals surface area contributed by atoms with Crippen LogP contribution >= 0.6 is 23.2 Å². The number of rotatable bonds is 9. The number of halogens is 2. The Morgan fingerprint density at radius 3 is 1.87 bits per heavy atom. The summed E-state index contributed by atoms with van der Waals surface area (Å²) in [6.45, 7) is 9.49. The molecular weight excluding hydrogens is 427 g/mol. The Kier molecular flexibility index (Phi) is 8.43. The maximum atomic E-state index is 13.9. The van der Waals surface area contributed by atoms with Gasteiger partial charge in [0.25, 0.3) is 0 Å². The summed E-state index contributed by atoms with van der Waals surface area (Å²) < 4.78 is 0. The number of amides is 1. The van der Waals surface area contributed by atoms with Crippen molar-refractivity contribution in [3.8, 4) is 0 Å². The third-order valence-electron chi connectivity index (χ3n) is 6.49. The van der Waals surface area contributed by atoms with Crippen LogP contribution in [-0.2, 0) is 10.2 Å². The van der Waals surface area contributed by atoms with Crippen LogP contribution in [0.5, 0.6) is 0 Å². The molecule has 1 atom stereocenters. The van der Waals surface area contributed by atoms with Gasteiger partial charge in [-0.1, -0.05) is 68.2 Å². The highest BCUT2D eigenvalue weighted by Gasteiger charge is 2.40. The second-order valence-corrected chi connectivity index (χ2v) is 9.88. The second-order valence-electron chi connectivity index (χ2n) is 9.01. The van der Waals surface area contributed by atoms with E-state index >= 15 is 0 Å². The molecule has 1 aliphatic rings. The van der Waals surface area contributed by atoms with Crippen LogP contribution in [0.15, 0.2) is 48.5 Å². The van der Waals surface area contributed by atoms with Gasteiger partial charge in [-0.3, -0.25) is 9.69 Å². The summed E-state index contributed by atoms with van der Waals surface area (Å²) in [5.74, 6) is 0.624. The monoisotopic (exact) mass is 460 g/mol. The van der Waals surface area contributed by atoms with Gasteiger partial charge in [0.05, 0.1) is 5.41 Å². The van der Waals surface area contributed by atoms with Crippen molar-refractivity contribution in [1.29, 1.82) is 0 Å². The lowest BCUT2D eigenvalue weighted by Gasteiger charge is -2.35. The molecule has 1 heterocycles. The second kappa shape index (κ2) is 10.8. The third kappa shape index (κ3) is 5.63. The standard InChI is InChI=1S/C26H34Cl2N2O/c1-4-26(20-7-11-22(27)12-8-20,21-9-13-23(28)14-10-21)25(31)29-18-24(17-19(2)3)30-15-5-6-16-30/h7-14,19,24H,4-6,15-18H2,1-3H3,(H,29,31). The molecule has 5 heteroatoms. The van der Waals surface area contributed by atoms with Gasteiger partial charge in [-0.15, -0.1) is 0 Å². The van der Waals surface area contributed by atoms with Gasteiger partial charge >= 0.3 is 0 Å². The molecule has 2 aromatic carbocycles. The van der Waals surface area contributed by atoms with Crippen LogP contribution in [0, 0.1) is 5.92 Å². The molecule has 2 aromatic rings. The number of nitrogens with zero attached hydrogens (tertiary/aromatic N) is 1. The average Bonchev–Trinajstić information content (AvgIpc) is 3.29. The van der Waals surface area contributed by atoms with Crippen molar-refractivity contribution in [2.45, 2.75) is 57.9 Å². The van der Waals surface area contributed by atoms with E-state index in [9.17, 15) is 4.79 Å². The lowest BCUT2D eigenvalue weighted by atomic mass is 9.71. The van der Waals surface area contributed by atoms with Crippen molar-refractivity contribution in [2.75, 3.05) is 19.6 Å². The van der Waals surface area contributed by atoms with E-state index in [-0.39, 0.29) is 5.91 Å². The zero-order valence-corrected chi connectivity index (χ0v) is 20.3. The van der Waals surface area contributed by atoms with Crippen LogP contribution in [0.2, 0.25) is 10.0 Å². The van der Waals surface area contributed by atoms with Gasteiger partial charge in [0, 0.05) is 22.6 Å². The zero-order valence-electron chi connectivity index (χ0n) is 18.8. The first kappa shape index (κ1) is 24.1. The van der Waals surface area contributed by atoms with E-state index in [1.54, 1.807) is 0 Å². The van der Waals surface area contributed by atoms with Crippen molar-refractivity contribution in [3.63, 3.8) is 0 Å². The van der Waals surface area contributed by atoms with Gasteiger partial charge in [-0.25, -0.2) is 0 Å². The van der Waals surface area contributed by atoms with E-state index in [4.69, 9.17) is 23.2 Å². The Balaban J connectivity index is 1.91. The molecule has 0 spiro atoms. The first-order valence-electron chi connectivity index (χ1n) is 11.4. The van der Waals surface area contributed by atoms with Crippen molar-refractivity contribution in [2.24, 2.45) is 5.92 Å². The molecule has 1 fully saturated rings. The summed E-state index contributed by atoms with van der Waals surface area (Å²) in [5.41, 5.74) is 1.10. The van der Waals surface area contributed by atoms with Crippen molar-refractivity contribution in [3.05, 3.63) is 69.7 Å². The third-order valence-corrected chi connectivity index (χ3v) is 6.99. The number of hydrogen-bond donors (Lipinski definition) is 1. The lowest BCUT2D eigenvalue weighted by molar-refractivity contribution is -0.125. The van der Waals surface area contributed by atoms with Gasteiger partial charge in [0.1, 0.15) is 0 Å². The van der Waals surface area contributed by atoms with E-state index in [1.807, 2.05) is 48.5 Å². The highest BCUT2D eigenvalue weighted by atomic mass is 35.5. The first-order chi connectivity index (χ1) is 14.9. The van der Waals surface area contributed by atoms with Crippen molar-refractivity contribution < 1.29 is 4.79 Å². The maximum absolute atomic E-state index is 13.9. The largest absolute Gasteiger partial charge is 0.353 e. The molecule has 31 heavy (non-hydrogen) atoms. The van der Waals surface area contributed by atoms with E-state index in [1.165, 1.54) is 12.8 Å². The molecule has 0 radical (unpaired) electrons. The number of benzene rings is 2. The molecule has 1 aliphatic heterocycles. The van der Waals surface area contributed by atoms with Gasteiger partial charge < -0.3 is 5.32 Å². The molecule has 1 N–H and O–H groups in total. The predicted molar refractivity (Wildman–Crippen MR) is 131 cm³/mol. The summed E-state index contributed by atoms with van der Waals surface area (Å²) in [6, 6.07) is 15.7. The summed E-state index contributed by atoms with van der Waals surface area (Å²) >= 11 is 12.3. The first-order valence-corrected chi connectivity index (χ1v) is 12.2. The van der Waals surface area contributed by atoms with E-state index in [0.717, 1.165) is 30.6 Å². The molecule has 3 nitrogen and oxygen atoms in total. The zero-order chi connectivity index (χ0) is 22.4. The Morgan fingerprint density at radius 2 is 1.45 bits per heavy atom. The minimum absolute atomic E-state index is 0.0348. The fraction of sp³-hybridized carbons (Fsp3) is 0.500. The molecule has 168 valence electrons. The SMILES string of the molecule is CCC(C(=O)NCC(CC(C)C)N1CCCC1)(c1ccc(Cl)cc1)c1ccc(Cl)cc1. The Morgan fingerprint density at radius 1 is 0.968 bits per heavy atom. The van der Waals surface area contributed by atoms with Gasteiger partial charge in [-0.2, -0.15) is 0 Å². The quantitative estimate of drug-likeness (QED) is 0.474. The molecule has 0 bridgehead atoms. The van der Waals surface area contributed by atoms with Crippen LogP contribution in [0.3, 0.4) is 0 Å². The fourth-order valence-corrected chi connectivity index (χ4v) is 5.09. The molecule has 1 saturated heterocycles. The van der Waals surface area contributed by atoms with Gasteiger partial charge in [0.15, 0.2) is 0 Å². The van der Waals surface area contributed by atoms with Crippen LogP contribution < -0.4 is 5.32 Å². The topological polar surface area (TPSA) is 32.3 Å². The average molecular weight is 461 g/mol. The van der Waals surface area contributed by atoms with Gasteiger partial charge in [0.2, 0.25) is 5.91 Å². The van der Waals surface area contributed by atoms with Gasteiger partial charge in [-0.05, 0) is 80.1 Å². The van der Waals surface area contributed by atoms with Crippen LogP contribution in [0.4, 0.5) is 0 Å². The highest BCUT2D eigenvalue weighted by Crippen LogP contribution is 2.37. The molecule has 1 unspecified atom stereocenters. The number of likely N-dealkylation sites (tertiary alicyclic amines) is 1. The van der Waals surface area contributed by atoms with E-state index in [0.29, 0.717) is 35.0 Å². The smallest absolute Gasteiger partial charge is 0.235 e. The molecule has 0 saturated carbocycles. The summed E-state index contributed by atoms with van der Waals surface area (Å²) in [5, 5.41) is 4.66. The number of hydrogen-bond acceptors (Lipinski definition) is 2. The minimum atomic E-state index is -0.789. The number of nitrogens with one attached hydrogen (secondary N) is 1. The molecule has 3 rings (SSSR count). The summed E-state index contributed by atoms with van der Waals surface area (Å²) in [4.78, 5) is 16.4. The van der Waals surface area contributed by atoms with Crippen molar-refractivity contribution >= 4 is 29.1 Å². The van der Waals surface area contributed by atoms with Crippen molar-refractivity contribution in [1.82, 2.24) is 10.2 Å². The Hall–Kier alpha value is -1.55. The Labute approximate surface area is 197 Å².